The summed E-state index contributed by atoms with van der Waals surface area (Å²) < 4.78 is 7.11. The molecule has 1 unspecified atom stereocenters. The Kier molecular flexibility index (Phi) is 4.50. The highest BCUT2D eigenvalue weighted by atomic mass is 16.5. The molecule has 0 spiro atoms. The van der Waals surface area contributed by atoms with E-state index < -0.39 is 0 Å². The molecule has 0 aliphatic rings. The van der Waals surface area contributed by atoms with Crippen LogP contribution in [0.4, 0.5) is 0 Å². The maximum absolute atomic E-state index is 5.23. The number of nitrogens with one attached hydrogen (secondary N) is 1. The van der Waals surface area contributed by atoms with Crippen LogP contribution < -0.4 is 5.32 Å². The van der Waals surface area contributed by atoms with Crippen molar-refractivity contribution in [1.82, 2.24) is 15.1 Å². The molecule has 2 rings (SSSR count). The Morgan fingerprint density at radius 3 is 2.78 bits per heavy atom. The van der Waals surface area contributed by atoms with Gasteiger partial charge in [0.1, 0.15) is 0 Å². The van der Waals surface area contributed by atoms with Crippen LogP contribution in [-0.2, 0) is 4.74 Å². The second-order valence-corrected chi connectivity index (χ2v) is 4.12. The zero-order chi connectivity index (χ0) is 12.8. The predicted molar refractivity (Wildman–Crippen MR) is 71.9 cm³/mol. The molecule has 1 aromatic heterocycles. The molecule has 0 aliphatic heterocycles. The van der Waals surface area contributed by atoms with Gasteiger partial charge in [-0.25, -0.2) is 4.68 Å². The number of hydrogen-bond donors (Lipinski definition) is 1. The highest BCUT2D eigenvalue weighted by Gasteiger charge is 2.12. The van der Waals surface area contributed by atoms with E-state index in [1.165, 1.54) is 0 Å². The maximum Gasteiger partial charge on any atom is 0.0658 e. The Morgan fingerprint density at radius 2 is 2.11 bits per heavy atom. The average Bonchev–Trinajstić information content (AvgIpc) is 2.89. The van der Waals surface area contributed by atoms with Gasteiger partial charge in [-0.2, -0.15) is 5.10 Å². The molecule has 0 saturated carbocycles. The number of hydrogen-bond acceptors (Lipinski definition) is 3. The number of nitrogens with zero attached hydrogens (tertiary/aromatic N) is 2. The van der Waals surface area contributed by atoms with Crippen LogP contribution in [0.3, 0.4) is 0 Å². The SMILES string of the molecule is CCNC(COC)c1cnn(-c2ccccc2)c1. The van der Waals surface area contributed by atoms with E-state index in [2.05, 4.69) is 17.3 Å². The molecule has 18 heavy (non-hydrogen) atoms. The lowest BCUT2D eigenvalue weighted by atomic mass is 10.2. The van der Waals surface area contributed by atoms with Crippen molar-refractivity contribution < 1.29 is 4.74 Å². The van der Waals surface area contributed by atoms with E-state index in [1.54, 1.807) is 7.11 Å². The van der Waals surface area contributed by atoms with Gasteiger partial charge in [-0.15, -0.1) is 0 Å². The Morgan fingerprint density at radius 1 is 1.33 bits per heavy atom. The van der Waals surface area contributed by atoms with Gasteiger partial charge in [-0.3, -0.25) is 0 Å². The summed E-state index contributed by atoms with van der Waals surface area (Å²) in [5.41, 5.74) is 2.21. The normalized spacial score (nSPS) is 12.6. The molecule has 0 amide bonds. The lowest BCUT2D eigenvalue weighted by molar-refractivity contribution is 0.168. The molecule has 1 N–H and O–H groups in total. The predicted octanol–water partition coefficient (Wildman–Crippen LogP) is 2.17. The number of benzene rings is 1. The van der Waals surface area contributed by atoms with Gasteiger partial charge < -0.3 is 10.1 Å². The van der Waals surface area contributed by atoms with E-state index in [1.807, 2.05) is 47.4 Å². The van der Waals surface area contributed by atoms with Crippen molar-refractivity contribution in [3.63, 3.8) is 0 Å². The van der Waals surface area contributed by atoms with E-state index in [9.17, 15) is 0 Å². The van der Waals surface area contributed by atoms with Gasteiger partial charge in [0.25, 0.3) is 0 Å². The fraction of sp³-hybridized carbons (Fsp3) is 0.357. The second-order valence-electron chi connectivity index (χ2n) is 4.12. The van der Waals surface area contributed by atoms with Crippen LogP contribution >= 0.6 is 0 Å². The molecule has 96 valence electrons. The van der Waals surface area contributed by atoms with E-state index in [0.29, 0.717) is 6.61 Å². The van der Waals surface area contributed by atoms with E-state index in [-0.39, 0.29) is 6.04 Å². The molecule has 1 heterocycles. The van der Waals surface area contributed by atoms with Gasteiger partial charge in [-0.05, 0) is 18.7 Å². The van der Waals surface area contributed by atoms with Crippen LogP contribution in [0.25, 0.3) is 5.69 Å². The first-order valence-corrected chi connectivity index (χ1v) is 6.17. The average molecular weight is 245 g/mol. The van der Waals surface area contributed by atoms with Crippen molar-refractivity contribution in [2.45, 2.75) is 13.0 Å². The molecule has 0 bridgehead atoms. The summed E-state index contributed by atoms with van der Waals surface area (Å²) in [6.07, 6.45) is 3.93. The Hall–Kier alpha value is -1.65. The molecule has 1 atom stereocenters. The van der Waals surface area contributed by atoms with E-state index in [4.69, 9.17) is 4.74 Å². The number of aromatic nitrogens is 2. The second kappa shape index (κ2) is 6.33. The van der Waals surface area contributed by atoms with Crippen molar-refractivity contribution >= 4 is 0 Å². The molecule has 2 aromatic rings. The molecular weight excluding hydrogens is 226 g/mol. The Labute approximate surface area is 108 Å². The van der Waals surface area contributed by atoms with Crippen LogP contribution in [0.15, 0.2) is 42.7 Å². The minimum absolute atomic E-state index is 0.192. The van der Waals surface area contributed by atoms with Crippen LogP contribution in [-0.4, -0.2) is 30.0 Å². The summed E-state index contributed by atoms with van der Waals surface area (Å²) >= 11 is 0. The van der Waals surface area contributed by atoms with Gasteiger partial charge in [-0.1, -0.05) is 25.1 Å². The molecule has 0 saturated heterocycles. The topological polar surface area (TPSA) is 39.1 Å². The van der Waals surface area contributed by atoms with Gasteiger partial charge in [0.05, 0.1) is 24.5 Å². The first-order chi connectivity index (χ1) is 8.85. The summed E-state index contributed by atoms with van der Waals surface area (Å²) in [6, 6.07) is 10.3. The van der Waals surface area contributed by atoms with Crippen molar-refractivity contribution in [2.75, 3.05) is 20.3 Å². The van der Waals surface area contributed by atoms with Crippen molar-refractivity contribution in [1.29, 1.82) is 0 Å². The van der Waals surface area contributed by atoms with Crippen LogP contribution in [0.1, 0.15) is 18.5 Å². The van der Waals surface area contributed by atoms with Crippen molar-refractivity contribution in [2.24, 2.45) is 0 Å². The van der Waals surface area contributed by atoms with Crippen molar-refractivity contribution in [3.05, 3.63) is 48.3 Å². The first kappa shape index (κ1) is 12.8. The molecule has 4 nitrogen and oxygen atoms in total. The quantitative estimate of drug-likeness (QED) is 0.847. The third kappa shape index (κ3) is 2.97. The minimum Gasteiger partial charge on any atom is -0.383 e. The van der Waals surface area contributed by atoms with Crippen molar-refractivity contribution in [3.8, 4) is 5.69 Å². The van der Waals surface area contributed by atoms with Crippen LogP contribution in [0.5, 0.6) is 0 Å². The summed E-state index contributed by atoms with van der Waals surface area (Å²) in [7, 11) is 1.71. The molecule has 0 fully saturated rings. The fourth-order valence-corrected chi connectivity index (χ4v) is 1.92. The summed E-state index contributed by atoms with van der Waals surface area (Å²) in [6.45, 7) is 3.64. The smallest absolute Gasteiger partial charge is 0.0658 e. The van der Waals surface area contributed by atoms with Gasteiger partial charge in [0.2, 0.25) is 0 Å². The number of ether oxygens (including phenoxy) is 1. The largest absolute Gasteiger partial charge is 0.383 e. The Balaban J connectivity index is 2.18. The lowest BCUT2D eigenvalue weighted by Crippen LogP contribution is -2.24. The molecule has 1 aromatic carbocycles. The molecule has 0 radical (unpaired) electrons. The van der Waals surface area contributed by atoms with Gasteiger partial charge in [0, 0.05) is 18.9 Å². The molecule has 0 aliphatic carbocycles. The highest BCUT2D eigenvalue weighted by molar-refractivity contribution is 5.31. The van der Waals surface area contributed by atoms with Crippen LogP contribution in [0.2, 0.25) is 0 Å². The number of rotatable bonds is 6. The first-order valence-electron chi connectivity index (χ1n) is 6.17. The fourth-order valence-electron chi connectivity index (χ4n) is 1.92. The highest BCUT2D eigenvalue weighted by Crippen LogP contribution is 2.15. The third-order valence-electron chi connectivity index (χ3n) is 2.81. The number of para-hydroxylation sites is 1. The van der Waals surface area contributed by atoms with Crippen LogP contribution in [0, 0.1) is 0 Å². The number of methoxy groups -OCH3 is 1. The lowest BCUT2D eigenvalue weighted by Gasteiger charge is -2.14. The third-order valence-corrected chi connectivity index (χ3v) is 2.81. The van der Waals surface area contributed by atoms with Gasteiger partial charge in [0.15, 0.2) is 0 Å². The summed E-state index contributed by atoms with van der Waals surface area (Å²) in [5, 5.41) is 7.78. The minimum atomic E-state index is 0.192. The summed E-state index contributed by atoms with van der Waals surface area (Å²) in [5.74, 6) is 0. The molecular formula is C14H19N3O. The maximum atomic E-state index is 5.23. The van der Waals surface area contributed by atoms with E-state index >= 15 is 0 Å². The Bertz CT molecular complexity index is 461. The van der Waals surface area contributed by atoms with E-state index in [0.717, 1.165) is 17.8 Å². The zero-order valence-corrected chi connectivity index (χ0v) is 10.8. The summed E-state index contributed by atoms with van der Waals surface area (Å²) in [4.78, 5) is 0. The zero-order valence-electron chi connectivity index (χ0n) is 10.8. The monoisotopic (exact) mass is 245 g/mol. The molecule has 4 heteroatoms. The standard InChI is InChI=1S/C14H19N3O/c1-3-15-14(11-18-2)12-9-16-17(10-12)13-7-5-4-6-8-13/h4-10,14-15H,3,11H2,1-2H3. The van der Waals surface area contributed by atoms with Gasteiger partial charge >= 0.3 is 0 Å². The number of likely N-dealkylation sites (N-methyl/N-ethyl adjacent to an activating group) is 1.